The molecule has 0 radical (unpaired) electrons. The summed E-state index contributed by atoms with van der Waals surface area (Å²) >= 11 is 1.93. The van der Waals surface area contributed by atoms with Gasteiger partial charge in [-0.2, -0.15) is 11.8 Å². The lowest BCUT2D eigenvalue weighted by Crippen LogP contribution is -2.11. The van der Waals surface area contributed by atoms with E-state index in [9.17, 15) is 0 Å². The largest absolute Gasteiger partial charge is 0.370 e. The average molecular weight is 311 g/mol. The molecule has 1 aromatic heterocycles. The summed E-state index contributed by atoms with van der Waals surface area (Å²) in [5, 5.41) is 6.91. The summed E-state index contributed by atoms with van der Waals surface area (Å²) in [6.45, 7) is 6.32. The molecule has 1 aromatic rings. The van der Waals surface area contributed by atoms with Gasteiger partial charge in [-0.3, -0.25) is 0 Å². The van der Waals surface area contributed by atoms with Crippen molar-refractivity contribution in [1.29, 1.82) is 0 Å². The zero-order valence-corrected chi connectivity index (χ0v) is 14.6. The van der Waals surface area contributed by atoms with E-state index >= 15 is 0 Å². The average Bonchev–Trinajstić information content (AvgIpc) is 2.50. The Kier molecular flexibility index (Phi) is 10.0. The molecule has 0 saturated carbocycles. The fraction of sp³-hybridized carbons (Fsp3) is 0.750. The van der Waals surface area contributed by atoms with Gasteiger partial charge in [-0.15, -0.1) is 0 Å². The Morgan fingerprint density at radius 2 is 1.67 bits per heavy atom. The highest BCUT2D eigenvalue weighted by Crippen LogP contribution is 2.21. The smallest absolute Gasteiger partial charge is 0.134 e. The van der Waals surface area contributed by atoms with Crippen molar-refractivity contribution >= 4 is 23.4 Å². The number of anilines is 2. The molecule has 0 spiro atoms. The van der Waals surface area contributed by atoms with Crippen LogP contribution in [0.15, 0.2) is 6.33 Å². The van der Waals surface area contributed by atoms with Gasteiger partial charge in [-0.25, -0.2) is 9.97 Å². The molecule has 0 bridgehead atoms. The van der Waals surface area contributed by atoms with Gasteiger partial charge in [-0.1, -0.05) is 26.7 Å². The topological polar surface area (TPSA) is 49.8 Å². The van der Waals surface area contributed by atoms with Gasteiger partial charge < -0.3 is 10.6 Å². The number of hydrogen-bond acceptors (Lipinski definition) is 5. The second kappa shape index (κ2) is 11.7. The van der Waals surface area contributed by atoms with E-state index in [1.165, 1.54) is 30.6 Å². The number of nitrogens with one attached hydrogen (secondary N) is 2. The summed E-state index contributed by atoms with van der Waals surface area (Å²) in [6.07, 6.45) is 10.8. The minimum absolute atomic E-state index is 0.960. The second-order valence-electron chi connectivity index (χ2n) is 5.21. The molecule has 1 rings (SSSR count). The van der Waals surface area contributed by atoms with Crippen molar-refractivity contribution in [2.45, 2.75) is 52.4 Å². The SMILES string of the molecule is CCCNc1ncnc(NCCCCCSC)c1CCC. The first-order valence-electron chi connectivity index (χ1n) is 8.14. The van der Waals surface area contributed by atoms with Crippen LogP contribution in [0.4, 0.5) is 11.6 Å². The quantitative estimate of drug-likeness (QED) is 0.567. The van der Waals surface area contributed by atoms with Gasteiger partial charge in [0.1, 0.15) is 18.0 Å². The molecule has 4 nitrogen and oxygen atoms in total. The second-order valence-corrected chi connectivity index (χ2v) is 6.19. The fourth-order valence-electron chi connectivity index (χ4n) is 2.20. The first-order valence-corrected chi connectivity index (χ1v) is 9.53. The predicted octanol–water partition coefficient (Wildman–Crippen LogP) is 4.20. The van der Waals surface area contributed by atoms with Crippen molar-refractivity contribution in [2.24, 2.45) is 0 Å². The number of hydrogen-bond donors (Lipinski definition) is 2. The van der Waals surface area contributed by atoms with Crippen molar-refractivity contribution in [1.82, 2.24) is 9.97 Å². The third-order valence-electron chi connectivity index (χ3n) is 3.31. The molecule has 1 heterocycles. The fourth-order valence-corrected chi connectivity index (χ4v) is 2.69. The maximum Gasteiger partial charge on any atom is 0.134 e. The Labute approximate surface area is 133 Å². The van der Waals surface area contributed by atoms with Crippen LogP contribution in [-0.4, -0.2) is 35.1 Å². The van der Waals surface area contributed by atoms with Crippen LogP contribution >= 0.6 is 11.8 Å². The molecule has 0 fully saturated rings. The maximum absolute atomic E-state index is 4.43. The summed E-state index contributed by atoms with van der Waals surface area (Å²) in [5.41, 5.74) is 1.23. The third kappa shape index (κ3) is 7.02. The molecule has 0 saturated heterocycles. The minimum atomic E-state index is 0.960. The van der Waals surface area contributed by atoms with Crippen molar-refractivity contribution in [3.63, 3.8) is 0 Å². The third-order valence-corrected chi connectivity index (χ3v) is 4.00. The predicted molar refractivity (Wildman–Crippen MR) is 95.5 cm³/mol. The Hall–Kier alpha value is -0.970. The molecule has 0 aliphatic heterocycles. The lowest BCUT2D eigenvalue weighted by atomic mass is 10.1. The zero-order valence-electron chi connectivity index (χ0n) is 13.7. The van der Waals surface area contributed by atoms with Crippen LogP contribution in [0.1, 0.15) is 51.5 Å². The molecule has 0 unspecified atom stereocenters. The molecule has 0 aromatic carbocycles. The number of nitrogens with zero attached hydrogens (tertiary/aromatic N) is 2. The Bertz CT molecular complexity index is 385. The number of rotatable bonds is 12. The molecule has 21 heavy (non-hydrogen) atoms. The first-order chi connectivity index (χ1) is 10.3. The van der Waals surface area contributed by atoms with Crippen LogP contribution in [0.5, 0.6) is 0 Å². The van der Waals surface area contributed by atoms with Gasteiger partial charge in [0.2, 0.25) is 0 Å². The van der Waals surface area contributed by atoms with Crippen LogP contribution in [0.2, 0.25) is 0 Å². The number of aromatic nitrogens is 2. The number of thioether (sulfide) groups is 1. The van der Waals surface area contributed by atoms with Crippen LogP contribution in [0.25, 0.3) is 0 Å². The lowest BCUT2D eigenvalue weighted by molar-refractivity contribution is 0.746. The van der Waals surface area contributed by atoms with Crippen LogP contribution < -0.4 is 10.6 Å². The summed E-state index contributed by atoms with van der Waals surface area (Å²) in [7, 11) is 0. The molecular formula is C16H30N4S. The van der Waals surface area contributed by atoms with E-state index in [4.69, 9.17) is 0 Å². The molecule has 0 aliphatic rings. The van der Waals surface area contributed by atoms with Crippen molar-refractivity contribution < 1.29 is 0 Å². The van der Waals surface area contributed by atoms with Gasteiger partial charge in [0.15, 0.2) is 0 Å². The van der Waals surface area contributed by atoms with Crippen LogP contribution in [0, 0.1) is 0 Å². The minimum Gasteiger partial charge on any atom is -0.370 e. The van der Waals surface area contributed by atoms with Gasteiger partial charge >= 0.3 is 0 Å². The highest BCUT2D eigenvalue weighted by Gasteiger charge is 2.09. The van der Waals surface area contributed by atoms with Crippen LogP contribution in [-0.2, 0) is 6.42 Å². The Balaban J connectivity index is 2.54. The monoisotopic (exact) mass is 310 g/mol. The van der Waals surface area contributed by atoms with Crippen molar-refractivity contribution in [2.75, 3.05) is 35.7 Å². The van der Waals surface area contributed by atoms with E-state index in [1.54, 1.807) is 6.33 Å². The highest BCUT2D eigenvalue weighted by molar-refractivity contribution is 7.98. The molecule has 5 heteroatoms. The van der Waals surface area contributed by atoms with Crippen LogP contribution in [0.3, 0.4) is 0 Å². The van der Waals surface area contributed by atoms with Gasteiger partial charge in [0.05, 0.1) is 0 Å². The zero-order chi connectivity index (χ0) is 15.3. The molecule has 0 amide bonds. The summed E-state index contributed by atoms with van der Waals surface area (Å²) in [6, 6.07) is 0. The summed E-state index contributed by atoms with van der Waals surface area (Å²) in [5.74, 6) is 3.27. The molecule has 0 aliphatic carbocycles. The van der Waals surface area contributed by atoms with Gasteiger partial charge in [0, 0.05) is 18.7 Å². The standard InChI is InChI=1S/C16H30N4S/c1-4-9-14-15(17-10-5-2)19-13-20-16(14)18-11-7-6-8-12-21-3/h13H,4-12H2,1-3H3,(H2,17,18,19,20). The first kappa shape index (κ1) is 18.1. The highest BCUT2D eigenvalue weighted by atomic mass is 32.2. The number of unbranched alkanes of at least 4 members (excludes halogenated alkanes) is 2. The van der Waals surface area contributed by atoms with Gasteiger partial charge in [0.25, 0.3) is 0 Å². The van der Waals surface area contributed by atoms with Crippen molar-refractivity contribution in [3.8, 4) is 0 Å². The maximum atomic E-state index is 4.43. The molecule has 2 N–H and O–H groups in total. The van der Waals surface area contributed by atoms with E-state index in [0.717, 1.165) is 44.0 Å². The van der Waals surface area contributed by atoms with E-state index in [1.807, 2.05) is 11.8 Å². The molecular weight excluding hydrogens is 280 g/mol. The van der Waals surface area contributed by atoms with E-state index < -0.39 is 0 Å². The Morgan fingerprint density at radius 3 is 2.29 bits per heavy atom. The molecule has 120 valence electrons. The summed E-state index contributed by atoms with van der Waals surface area (Å²) < 4.78 is 0. The lowest BCUT2D eigenvalue weighted by Gasteiger charge is -2.14. The van der Waals surface area contributed by atoms with Gasteiger partial charge in [-0.05, 0) is 37.7 Å². The molecule has 0 atom stereocenters. The van der Waals surface area contributed by atoms with E-state index in [0.29, 0.717) is 0 Å². The normalized spacial score (nSPS) is 10.6. The van der Waals surface area contributed by atoms with E-state index in [2.05, 4.69) is 40.7 Å². The summed E-state index contributed by atoms with van der Waals surface area (Å²) in [4.78, 5) is 8.83. The Morgan fingerprint density at radius 1 is 0.952 bits per heavy atom. The van der Waals surface area contributed by atoms with E-state index in [-0.39, 0.29) is 0 Å². The van der Waals surface area contributed by atoms with Crippen molar-refractivity contribution in [3.05, 3.63) is 11.9 Å².